The van der Waals surface area contributed by atoms with Gasteiger partial charge in [-0.3, -0.25) is 9.80 Å². The predicted molar refractivity (Wildman–Crippen MR) is 133 cm³/mol. The Morgan fingerprint density at radius 2 is 1.50 bits per heavy atom. The van der Waals surface area contributed by atoms with E-state index in [9.17, 15) is 0 Å². The van der Waals surface area contributed by atoms with Gasteiger partial charge in [-0.1, -0.05) is 66.7 Å². The van der Waals surface area contributed by atoms with Gasteiger partial charge in [0.05, 0.1) is 24.0 Å². The molecule has 3 N–H and O–H groups in total. The number of nitrogens with one attached hydrogen (secondary N) is 1. The van der Waals surface area contributed by atoms with Crippen molar-refractivity contribution >= 4 is 11.4 Å². The number of nitrogens with two attached hydrogens (primary N) is 1. The van der Waals surface area contributed by atoms with Crippen molar-refractivity contribution in [1.82, 2.24) is 9.80 Å². The third kappa shape index (κ3) is 5.68. The van der Waals surface area contributed by atoms with E-state index in [2.05, 4.69) is 94.0 Å². The van der Waals surface area contributed by atoms with Gasteiger partial charge in [0.2, 0.25) is 0 Å². The molecule has 0 bridgehead atoms. The summed E-state index contributed by atoms with van der Waals surface area (Å²) in [5.41, 5.74) is 12.0. The van der Waals surface area contributed by atoms with Crippen molar-refractivity contribution in [3.05, 3.63) is 95.6 Å². The molecule has 1 saturated heterocycles. The zero-order chi connectivity index (χ0) is 22.2. The molecule has 1 aliphatic heterocycles. The normalized spacial score (nSPS) is 15.2. The van der Waals surface area contributed by atoms with Gasteiger partial charge < -0.3 is 15.8 Å². The van der Waals surface area contributed by atoms with Crippen LogP contribution in [0.15, 0.2) is 78.9 Å². The van der Waals surface area contributed by atoms with Crippen LogP contribution in [-0.2, 0) is 11.3 Å². The SMILES string of the molecule is COCCNc1ccc(CN2CCN(C(c3ccccc3)c3ccccc3)CC2)cc1N. The Labute approximate surface area is 191 Å². The summed E-state index contributed by atoms with van der Waals surface area (Å²) in [6.45, 7) is 6.52. The molecule has 5 nitrogen and oxygen atoms in total. The van der Waals surface area contributed by atoms with Crippen molar-refractivity contribution in [3.8, 4) is 0 Å². The molecule has 0 radical (unpaired) electrons. The lowest BCUT2D eigenvalue weighted by molar-refractivity contribution is 0.105. The summed E-state index contributed by atoms with van der Waals surface area (Å²) in [4.78, 5) is 5.13. The van der Waals surface area contributed by atoms with Gasteiger partial charge in [-0.25, -0.2) is 0 Å². The molecule has 0 amide bonds. The van der Waals surface area contributed by atoms with Crippen LogP contribution in [0.4, 0.5) is 11.4 Å². The third-order valence-corrected chi connectivity index (χ3v) is 6.15. The summed E-state index contributed by atoms with van der Waals surface area (Å²) < 4.78 is 5.10. The molecule has 0 aromatic heterocycles. The first-order valence-corrected chi connectivity index (χ1v) is 11.4. The van der Waals surface area contributed by atoms with Crippen LogP contribution in [0.3, 0.4) is 0 Å². The summed E-state index contributed by atoms with van der Waals surface area (Å²) in [6, 6.07) is 28.4. The number of rotatable bonds is 9. The van der Waals surface area contributed by atoms with Crippen LogP contribution < -0.4 is 11.1 Å². The molecule has 1 fully saturated rings. The van der Waals surface area contributed by atoms with E-state index in [0.29, 0.717) is 12.6 Å². The number of ether oxygens (including phenoxy) is 1. The first-order valence-electron chi connectivity index (χ1n) is 11.4. The largest absolute Gasteiger partial charge is 0.397 e. The number of hydrogen-bond acceptors (Lipinski definition) is 5. The minimum absolute atomic E-state index is 0.299. The Kier molecular flexibility index (Phi) is 7.77. The topological polar surface area (TPSA) is 53.8 Å². The number of piperazine rings is 1. The molecule has 0 aliphatic carbocycles. The average molecular weight is 431 g/mol. The smallest absolute Gasteiger partial charge is 0.0635 e. The lowest BCUT2D eigenvalue weighted by atomic mass is 9.96. The molecular weight excluding hydrogens is 396 g/mol. The Morgan fingerprint density at radius 3 is 2.06 bits per heavy atom. The number of nitrogen functional groups attached to an aromatic ring is 1. The number of methoxy groups -OCH3 is 1. The fourth-order valence-corrected chi connectivity index (χ4v) is 4.48. The number of anilines is 2. The predicted octanol–water partition coefficient (Wildman–Crippen LogP) is 4.23. The van der Waals surface area contributed by atoms with Crippen molar-refractivity contribution in [2.75, 3.05) is 57.5 Å². The van der Waals surface area contributed by atoms with E-state index in [1.807, 2.05) is 0 Å². The molecule has 0 spiro atoms. The molecule has 168 valence electrons. The van der Waals surface area contributed by atoms with Gasteiger partial charge in [0.25, 0.3) is 0 Å². The first-order chi connectivity index (χ1) is 15.7. The molecule has 32 heavy (non-hydrogen) atoms. The van der Waals surface area contributed by atoms with Gasteiger partial charge in [0, 0.05) is 46.4 Å². The van der Waals surface area contributed by atoms with Crippen molar-refractivity contribution in [2.24, 2.45) is 0 Å². The molecular formula is C27H34N4O. The number of nitrogens with zero attached hydrogens (tertiary/aromatic N) is 2. The maximum Gasteiger partial charge on any atom is 0.0635 e. The Balaban J connectivity index is 1.38. The van der Waals surface area contributed by atoms with Crippen LogP contribution in [0.1, 0.15) is 22.7 Å². The van der Waals surface area contributed by atoms with E-state index in [-0.39, 0.29) is 0 Å². The van der Waals surface area contributed by atoms with Crippen LogP contribution in [0, 0.1) is 0 Å². The third-order valence-electron chi connectivity index (χ3n) is 6.15. The molecule has 1 aliphatic rings. The second-order valence-electron chi connectivity index (χ2n) is 8.38. The standard InChI is InChI=1S/C27H34N4O/c1-32-19-14-29-26-13-12-22(20-25(26)28)21-30-15-17-31(18-16-30)27(23-8-4-2-5-9-23)24-10-6-3-7-11-24/h2-13,20,27,29H,14-19,21,28H2,1H3. The number of hydrogen-bond donors (Lipinski definition) is 2. The minimum atomic E-state index is 0.299. The lowest BCUT2D eigenvalue weighted by Crippen LogP contribution is -2.47. The quantitative estimate of drug-likeness (QED) is 0.393. The van der Waals surface area contributed by atoms with Gasteiger partial charge in [0.15, 0.2) is 0 Å². The molecule has 4 rings (SSSR count). The summed E-state index contributed by atoms with van der Waals surface area (Å²) >= 11 is 0. The van der Waals surface area contributed by atoms with Crippen LogP contribution in [0.5, 0.6) is 0 Å². The van der Waals surface area contributed by atoms with Gasteiger partial charge in [-0.05, 0) is 28.8 Å². The van der Waals surface area contributed by atoms with E-state index >= 15 is 0 Å². The second kappa shape index (κ2) is 11.1. The maximum absolute atomic E-state index is 6.27. The summed E-state index contributed by atoms with van der Waals surface area (Å²) in [7, 11) is 1.70. The van der Waals surface area contributed by atoms with Crippen LogP contribution >= 0.6 is 0 Å². The number of benzene rings is 3. The maximum atomic E-state index is 6.27. The zero-order valence-electron chi connectivity index (χ0n) is 18.9. The van der Waals surface area contributed by atoms with Gasteiger partial charge in [-0.15, -0.1) is 0 Å². The van der Waals surface area contributed by atoms with E-state index in [1.165, 1.54) is 16.7 Å². The molecule has 0 atom stereocenters. The van der Waals surface area contributed by atoms with Crippen LogP contribution in [0.25, 0.3) is 0 Å². The molecule has 5 heteroatoms. The van der Waals surface area contributed by atoms with E-state index in [1.54, 1.807) is 7.11 Å². The highest BCUT2D eigenvalue weighted by atomic mass is 16.5. The van der Waals surface area contributed by atoms with Crippen molar-refractivity contribution in [2.45, 2.75) is 12.6 Å². The van der Waals surface area contributed by atoms with Crippen molar-refractivity contribution < 1.29 is 4.74 Å². The summed E-state index contributed by atoms with van der Waals surface area (Å²) in [5.74, 6) is 0. The molecule has 0 saturated carbocycles. The van der Waals surface area contributed by atoms with Crippen LogP contribution in [0.2, 0.25) is 0 Å². The fraction of sp³-hybridized carbons (Fsp3) is 0.333. The molecule has 3 aromatic carbocycles. The average Bonchev–Trinajstić information content (AvgIpc) is 2.83. The van der Waals surface area contributed by atoms with Crippen LogP contribution in [-0.4, -0.2) is 56.2 Å². The van der Waals surface area contributed by atoms with E-state index in [4.69, 9.17) is 10.5 Å². The highest BCUT2D eigenvalue weighted by Crippen LogP contribution is 2.30. The highest BCUT2D eigenvalue weighted by molar-refractivity contribution is 5.67. The molecule has 1 heterocycles. The highest BCUT2D eigenvalue weighted by Gasteiger charge is 2.26. The fourth-order valence-electron chi connectivity index (χ4n) is 4.48. The minimum Gasteiger partial charge on any atom is -0.397 e. The molecule has 3 aromatic rings. The van der Waals surface area contributed by atoms with Crippen molar-refractivity contribution in [1.29, 1.82) is 0 Å². The lowest BCUT2D eigenvalue weighted by Gasteiger charge is -2.40. The molecule has 0 unspecified atom stereocenters. The zero-order valence-corrected chi connectivity index (χ0v) is 18.9. The Bertz CT molecular complexity index is 916. The van der Waals surface area contributed by atoms with Gasteiger partial charge in [-0.2, -0.15) is 0 Å². The first kappa shape index (κ1) is 22.3. The summed E-state index contributed by atoms with van der Waals surface area (Å²) in [6.07, 6.45) is 0. The van der Waals surface area contributed by atoms with Gasteiger partial charge in [0.1, 0.15) is 0 Å². The van der Waals surface area contributed by atoms with Crippen molar-refractivity contribution in [3.63, 3.8) is 0 Å². The van der Waals surface area contributed by atoms with E-state index in [0.717, 1.165) is 50.6 Å². The summed E-state index contributed by atoms with van der Waals surface area (Å²) in [5, 5.41) is 3.32. The second-order valence-corrected chi connectivity index (χ2v) is 8.38. The van der Waals surface area contributed by atoms with Gasteiger partial charge >= 0.3 is 0 Å². The Morgan fingerprint density at radius 1 is 0.875 bits per heavy atom. The van der Waals surface area contributed by atoms with E-state index < -0.39 is 0 Å². The monoisotopic (exact) mass is 430 g/mol. The Hall–Kier alpha value is -2.86.